The lowest BCUT2D eigenvalue weighted by Gasteiger charge is -2.34. The number of rotatable bonds is 36. The van der Waals surface area contributed by atoms with Crippen LogP contribution in [-0.4, -0.2) is 172 Å². The molecule has 0 saturated heterocycles. The molecule has 4 atom stereocenters. The molecule has 8 rings (SSSR count). The molecule has 0 bridgehead atoms. The lowest BCUT2D eigenvalue weighted by Crippen LogP contribution is -2.44. The monoisotopic (exact) mass is 1420 g/mol. The number of aliphatic hydroxyl groups excluding tert-OH is 4. The Morgan fingerprint density at radius 3 is 0.648 bits per heavy atom. The van der Waals surface area contributed by atoms with Gasteiger partial charge in [-0.3, -0.25) is 19.2 Å². The summed E-state index contributed by atoms with van der Waals surface area (Å²) in [5, 5.41) is 55.8. The Balaban J connectivity index is 0.967. The molecule has 24 heteroatoms. The second-order valence-electron chi connectivity index (χ2n) is 23.5. The number of esters is 4. The van der Waals surface area contributed by atoms with Gasteiger partial charge in [0, 0.05) is 45.0 Å². The first-order valence-corrected chi connectivity index (χ1v) is 32.4. The van der Waals surface area contributed by atoms with Crippen molar-refractivity contribution in [2.24, 2.45) is 5.41 Å². The van der Waals surface area contributed by atoms with Gasteiger partial charge in [-0.2, -0.15) is 0 Å². The van der Waals surface area contributed by atoms with E-state index in [4.69, 9.17) is 63.6 Å². The fourth-order valence-electron chi connectivity index (χ4n) is 9.92. The molecule has 0 aliphatic heterocycles. The number of anilines is 4. The first kappa shape index (κ1) is 78.2. The zero-order valence-corrected chi connectivity index (χ0v) is 56.4. The molecule has 105 heavy (non-hydrogen) atoms. The van der Waals surface area contributed by atoms with E-state index in [9.17, 15) is 58.8 Å². The van der Waals surface area contributed by atoms with Gasteiger partial charge in [0.05, 0.1) is 103 Å². The molecular formula is C81H72N4O20. The van der Waals surface area contributed by atoms with Crippen molar-refractivity contribution in [3.05, 3.63) is 261 Å². The van der Waals surface area contributed by atoms with E-state index in [1.54, 1.807) is 121 Å². The summed E-state index contributed by atoms with van der Waals surface area (Å²) >= 11 is 0. The van der Waals surface area contributed by atoms with Gasteiger partial charge in [-0.1, -0.05) is 72.2 Å². The van der Waals surface area contributed by atoms with Crippen molar-refractivity contribution in [1.82, 2.24) is 0 Å². The molecule has 4 amide bonds. The average molecular weight is 1420 g/mol. The van der Waals surface area contributed by atoms with Gasteiger partial charge >= 0.3 is 23.9 Å². The van der Waals surface area contributed by atoms with Crippen molar-refractivity contribution in [2.45, 2.75) is 24.4 Å². The minimum absolute atomic E-state index is 0.0482. The first-order chi connectivity index (χ1) is 50.8. The Bertz CT molecular complexity index is 3960. The van der Waals surface area contributed by atoms with Crippen LogP contribution in [0.4, 0.5) is 22.7 Å². The highest BCUT2D eigenvalue weighted by Gasteiger charge is 2.35. The molecule has 24 nitrogen and oxygen atoms in total. The number of hydrogen-bond donors (Lipinski definition) is 8. The molecule has 0 saturated carbocycles. The van der Waals surface area contributed by atoms with Crippen molar-refractivity contribution >= 4 is 70.3 Å². The Morgan fingerprint density at radius 1 is 0.286 bits per heavy atom. The Morgan fingerprint density at radius 2 is 0.467 bits per heavy atom. The number of amides is 4. The maximum Gasteiger partial charge on any atom is 0.339 e. The van der Waals surface area contributed by atoms with Crippen LogP contribution in [0.15, 0.2) is 194 Å². The normalized spacial score (nSPS) is 12.4. The van der Waals surface area contributed by atoms with Crippen LogP contribution >= 0.6 is 0 Å². The molecule has 8 N–H and O–H groups in total. The molecule has 0 spiro atoms. The smallest absolute Gasteiger partial charge is 0.339 e. The van der Waals surface area contributed by atoms with Crippen LogP contribution in [0.25, 0.3) is 0 Å². The molecule has 8 aromatic carbocycles. The van der Waals surface area contributed by atoms with E-state index in [0.29, 0.717) is 45.0 Å². The quantitative estimate of drug-likeness (QED) is 0.0105. The van der Waals surface area contributed by atoms with Crippen LogP contribution in [0.2, 0.25) is 0 Å². The Labute approximate surface area is 604 Å². The number of hydrogen-bond acceptors (Lipinski definition) is 20. The summed E-state index contributed by atoms with van der Waals surface area (Å²) < 4.78 is 46.1. The van der Waals surface area contributed by atoms with Crippen LogP contribution in [-0.2, 0) is 37.9 Å². The number of benzene rings is 8. The van der Waals surface area contributed by atoms with E-state index < -0.39 is 157 Å². The van der Waals surface area contributed by atoms with Crippen LogP contribution < -0.4 is 21.3 Å². The number of carbonyl (C=O) groups is 8. The van der Waals surface area contributed by atoms with Crippen LogP contribution in [0.5, 0.6) is 0 Å². The van der Waals surface area contributed by atoms with Gasteiger partial charge in [0.1, 0.15) is 50.8 Å². The third-order valence-corrected chi connectivity index (χ3v) is 15.3. The molecule has 4 unspecified atom stereocenters. The van der Waals surface area contributed by atoms with Crippen molar-refractivity contribution in [1.29, 1.82) is 0 Å². The molecule has 0 aliphatic carbocycles. The van der Waals surface area contributed by atoms with Crippen molar-refractivity contribution in [3.63, 3.8) is 0 Å². The van der Waals surface area contributed by atoms with Gasteiger partial charge < -0.3 is 79.6 Å². The van der Waals surface area contributed by atoms with Crippen molar-refractivity contribution < 1.29 is 96.7 Å². The predicted octanol–water partition coefficient (Wildman–Crippen LogP) is 7.85. The fourth-order valence-corrected chi connectivity index (χ4v) is 9.92. The van der Waals surface area contributed by atoms with Crippen LogP contribution in [0, 0.1) is 54.8 Å². The minimum Gasteiger partial charge on any atom is -0.459 e. The third kappa shape index (κ3) is 23.8. The van der Waals surface area contributed by atoms with E-state index in [2.05, 4.69) is 44.9 Å². The average Bonchev–Trinajstić information content (AvgIpc) is 0.843. The second-order valence-corrected chi connectivity index (χ2v) is 23.5. The van der Waals surface area contributed by atoms with Gasteiger partial charge in [-0.25, -0.2) is 19.2 Å². The molecule has 0 radical (unpaired) electrons. The van der Waals surface area contributed by atoms with E-state index in [-0.39, 0.29) is 44.5 Å². The van der Waals surface area contributed by atoms with Gasteiger partial charge in [0.15, 0.2) is 0 Å². The number of ether oxygens (including phenoxy) is 8. The Kier molecular flexibility index (Phi) is 29.5. The summed E-state index contributed by atoms with van der Waals surface area (Å²) in [5.74, 6) is 3.46. The SMILES string of the molecule is C#Cc1ccc(NC(=O)c2ccccc2C(=O)OCC(O)COCC(COCC(O)COC(=O)c2ccccc2C(=O)Nc2ccc(C#C)cc2)(COCC(O)COC(=O)c2ccccc2C(=O)Nc2ccc(C#C)cc2)COCC(O)COC(=O)c2ccccc2C(=O)Nc2ccc(C#C)cc2)cc1. The molecule has 0 fully saturated rings. The fraction of sp³-hybridized carbons (Fsp3) is 0.210. The summed E-state index contributed by atoms with van der Waals surface area (Å²) in [7, 11) is 0. The summed E-state index contributed by atoms with van der Waals surface area (Å²) in [5.41, 5.74) is 1.54. The molecule has 536 valence electrons. The summed E-state index contributed by atoms with van der Waals surface area (Å²) in [6, 6.07) is 48.9. The highest BCUT2D eigenvalue weighted by atomic mass is 16.6. The maximum absolute atomic E-state index is 13.6. The molecule has 8 aromatic rings. The number of nitrogens with one attached hydrogen (secondary N) is 4. The summed E-state index contributed by atoms with van der Waals surface area (Å²) in [6.07, 6.45) is 15.7. The lowest BCUT2D eigenvalue weighted by molar-refractivity contribution is -0.137. The van der Waals surface area contributed by atoms with Crippen molar-refractivity contribution in [3.8, 4) is 49.4 Å². The van der Waals surface area contributed by atoms with E-state index in [0.717, 1.165) is 0 Å². The largest absolute Gasteiger partial charge is 0.459 e. The van der Waals surface area contributed by atoms with E-state index >= 15 is 0 Å². The van der Waals surface area contributed by atoms with Crippen LogP contribution in [0.3, 0.4) is 0 Å². The zero-order valence-electron chi connectivity index (χ0n) is 56.4. The standard InChI is InChI=1S/C81H72N4O20/c1-5-53-25-33-57(34-26-53)82-73(90)65-17-9-13-21-69(65)77(94)102-45-61(86)41-98-49-81(50-99-42-62(87)46-103-78(95)70-22-14-10-18-66(70)74(91)83-58-35-27-54(6-2)28-36-58,51-100-43-63(88)47-104-79(96)71-23-15-11-19-67(71)75(92)84-59-37-29-55(7-3)30-38-59)52-101-44-64(89)48-105-80(97)72-24-16-12-20-68(72)76(93)85-60-39-31-56(8-4)32-40-60/h1-4,9-40,61-64,86-89H,41-52H2,(H,82,90)(H,83,91)(H,84,92)(H,85,93). The lowest BCUT2D eigenvalue weighted by atomic mass is 9.92. The zero-order chi connectivity index (χ0) is 75.1. The topological polar surface area (TPSA) is 339 Å². The third-order valence-electron chi connectivity index (χ3n) is 15.3. The van der Waals surface area contributed by atoms with Gasteiger partial charge in [-0.05, 0) is 146 Å². The highest BCUT2D eigenvalue weighted by Crippen LogP contribution is 2.25. The summed E-state index contributed by atoms with van der Waals surface area (Å²) in [6.45, 7) is -6.86. The second kappa shape index (κ2) is 39.6. The maximum atomic E-state index is 13.6. The molecule has 0 aliphatic rings. The highest BCUT2D eigenvalue weighted by molar-refractivity contribution is 6.13. The predicted molar refractivity (Wildman–Crippen MR) is 386 cm³/mol. The molecule has 0 heterocycles. The van der Waals surface area contributed by atoms with Crippen LogP contribution in [0.1, 0.15) is 105 Å². The molecular weight excluding hydrogens is 1350 g/mol. The summed E-state index contributed by atoms with van der Waals surface area (Å²) in [4.78, 5) is 108. The number of carbonyl (C=O) groups excluding carboxylic acids is 8. The van der Waals surface area contributed by atoms with E-state index in [1.165, 1.54) is 72.8 Å². The van der Waals surface area contributed by atoms with Gasteiger partial charge in [0.2, 0.25) is 0 Å². The van der Waals surface area contributed by atoms with Gasteiger partial charge in [0.25, 0.3) is 23.6 Å². The van der Waals surface area contributed by atoms with E-state index in [1.807, 2.05) is 0 Å². The minimum atomic E-state index is -1.60. The molecule has 0 aromatic heterocycles. The van der Waals surface area contributed by atoms with Crippen molar-refractivity contribution in [2.75, 3.05) is 101 Å². The Hall–Kier alpha value is -12.6. The number of aliphatic hydroxyl groups is 4. The number of terminal acetylenes is 4. The first-order valence-electron chi connectivity index (χ1n) is 32.4. The van der Waals surface area contributed by atoms with Gasteiger partial charge in [-0.15, -0.1) is 25.7 Å².